The van der Waals surface area contributed by atoms with Gasteiger partial charge in [-0.2, -0.15) is 5.26 Å². The number of aromatic nitrogens is 1. The number of esters is 1. The van der Waals surface area contributed by atoms with E-state index in [1.807, 2.05) is 26.0 Å². The van der Waals surface area contributed by atoms with Crippen LogP contribution >= 0.6 is 0 Å². The second kappa shape index (κ2) is 9.92. The van der Waals surface area contributed by atoms with Crippen LogP contribution in [0.4, 0.5) is 0 Å². The fraction of sp³-hybridized carbons (Fsp3) is 0.524. The van der Waals surface area contributed by atoms with Gasteiger partial charge in [0.2, 0.25) is 5.91 Å². The van der Waals surface area contributed by atoms with Crippen LogP contribution in [0.1, 0.15) is 49.6 Å². The summed E-state index contributed by atoms with van der Waals surface area (Å²) in [5, 5.41) is 9.37. The van der Waals surface area contributed by atoms with E-state index < -0.39 is 30.4 Å². The number of ether oxygens (including phenoxy) is 1. The van der Waals surface area contributed by atoms with Crippen LogP contribution in [-0.4, -0.2) is 46.4 Å². The van der Waals surface area contributed by atoms with E-state index in [1.165, 1.54) is 11.0 Å². The topological polar surface area (TPSA) is 118 Å². The highest BCUT2D eigenvalue weighted by atomic mass is 16.5. The fourth-order valence-corrected chi connectivity index (χ4v) is 3.65. The number of carbonyl (C=O) groups excluding carboxylic acids is 3. The van der Waals surface area contributed by atoms with Crippen molar-refractivity contribution in [1.29, 1.82) is 5.26 Å². The number of primary amides is 1. The zero-order chi connectivity index (χ0) is 21.6. The van der Waals surface area contributed by atoms with Crippen molar-refractivity contribution in [3.63, 3.8) is 0 Å². The molecule has 0 unspecified atom stereocenters. The van der Waals surface area contributed by atoms with Crippen molar-refractivity contribution in [2.75, 3.05) is 13.2 Å². The number of carbonyl (C=O) groups is 3. The predicted molar refractivity (Wildman–Crippen MR) is 107 cm³/mol. The van der Waals surface area contributed by atoms with Crippen LogP contribution in [0.15, 0.2) is 11.6 Å². The van der Waals surface area contributed by atoms with Crippen LogP contribution in [0, 0.1) is 25.2 Å². The van der Waals surface area contributed by atoms with Crippen LogP contribution in [0.2, 0.25) is 0 Å². The van der Waals surface area contributed by atoms with Crippen LogP contribution in [0.5, 0.6) is 0 Å². The highest BCUT2D eigenvalue weighted by molar-refractivity contribution is 5.99. The lowest BCUT2D eigenvalue weighted by molar-refractivity contribution is -0.152. The monoisotopic (exact) mass is 400 g/mol. The number of likely N-dealkylation sites (tertiary alicyclic amines) is 1. The van der Waals surface area contributed by atoms with Gasteiger partial charge in [-0.05, 0) is 57.2 Å². The summed E-state index contributed by atoms with van der Waals surface area (Å²) in [6, 6.07) is 3.08. The van der Waals surface area contributed by atoms with E-state index >= 15 is 0 Å². The lowest BCUT2D eigenvalue weighted by Crippen LogP contribution is -2.51. The Hall–Kier alpha value is -3.08. The van der Waals surface area contributed by atoms with Gasteiger partial charge in [0.25, 0.3) is 5.91 Å². The van der Waals surface area contributed by atoms with Gasteiger partial charge in [-0.25, -0.2) is 4.79 Å². The molecule has 1 fully saturated rings. The maximum absolute atomic E-state index is 12.4. The summed E-state index contributed by atoms with van der Waals surface area (Å²) < 4.78 is 7.18. The quantitative estimate of drug-likeness (QED) is 0.425. The van der Waals surface area contributed by atoms with Gasteiger partial charge in [-0.3, -0.25) is 9.59 Å². The van der Waals surface area contributed by atoms with Crippen molar-refractivity contribution < 1.29 is 19.1 Å². The first-order valence-corrected chi connectivity index (χ1v) is 9.84. The summed E-state index contributed by atoms with van der Waals surface area (Å²) in [7, 11) is 0. The van der Waals surface area contributed by atoms with Gasteiger partial charge in [-0.15, -0.1) is 0 Å². The van der Waals surface area contributed by atoms with Crippen LogP contribution in [0.3, 0.4) is 0 Å². The predicted octanol–water partition coefficient (Wildman–Crippen LogP) is 1.83. The summed E-state index contributed by atoms with van der Waals surface area (Å²) in [4.78, 5) is 37.6. The maximum Gasteiger partial charge on any atom is 0.349 e. The third-order valence-corrected chi connectivity index (χ3v) is 5.18. The Morgan fingerprint density at radius 2 is 2.07 bits per heavy atom. The van der Waals surface area contributed by atoms with Crippen LogP contribution in [0.25, 0.3) is 6.08 Å². The number of nitrogens with two attached hydrogens (primary N) is 1. The van der Waals surface area contributed by atoms with Crippen LogP contribution in [-0.2, 0) is 25.7 Å². The zero-order valence-corrected chi connectivity index (χ0v) is 17.2. The number of aryl methyl sites for hydroxylation is 1. The van der Waals surface area contributed by atoms with Gasteiger partial charge in [0.15, 0.2) is 6.61 Å². The molecule has 1 atom stereocenters. The summed E-state index contributed by atoms with van der Waals surface area (Å²) in [5.41, 5.74) is 7.94. The molecule has 2 heterocycles. The first-order chi connectivity index (χ1) is 13.8. The minimum Gasteiger partial charge on any atom is -0.451 e. The standard InChI is InChI=1S/C21H28N4O4/c1-4-8-24-14(2)10-16(15(24)3)11-17(12-22)21(28)29-13-19(26)25-9-6-5-7-18(25)20(23)27/h10-11,18H,4-9,13H2,1-3H3,(H2,23,27)/b17-11+/t18-/m0/s1. The number of nitriles is 1. The van der Waals surface area contributed by atoms with Gasteiger partial charge in [0.05, 0.1) is 0 Å². The number of hydrogen-bond acceptors (Lipinski definition) is 5. The molecule has 0 bridgehead atoms. The van der Waals surface area contributed by atoms with Gasteiger partial charge >= 0.3 is 5.97 Å². The lowest BCUT2D eigenvalue weighted by Gasteiger charge is -2.33. The molecule has 2 rings (SSSR count). The van der Waals surface area contributed by atoms with Gasteiger partial charge in [-0.1, -0.05) is 6.92 Å². The zero-order valence-electron chi connectivity index (χ0n) is 17.2. The first kappa shape index (κ1) is 22.2. The van der Waals surface area contributed by atoms with E-state index in [1.54, 1.807) is 0 Å². The van der Waals surface area contributed by atoms with Gasteiger partial charge in [0.1, 0.15) is 17.7 Å². The van der Waals surface area contributed by atoms with Crippen molar-refractivity contribution in [1.82, 2.24) is 9.47 Å². The van der Waals surface area contributed by atoms with Crippen molar-refractivity contribution in [3.05, 3.63) is 28.6 Å². The van der Waals surface area contributed by atoms with Crippen LogP contribution < -0.4 is 5.73 Å². The highest BCUT2D eigenvalue weighted by Gasteiger charge is 2.31. The van der Waals surface area contributed by atoms with E-state index in [0.29, 0.717) is 13.0 Å². The number of amides is 2. The van der Waals surface area contributed by atoms with Gasteiger partial charge < -0.3 is 19.9 Å². The molecule has 2 amide bonds. The van der Waals surface area contributed by atoms with E-state index in [0.717, 1.165) is 42.8 Å². The molecule has 8 heteroatoms. The largest absolute Gasteiger partial charge is 0.451 e. The summed E-state index contributed by atoms with van der Waals surface area (Å²) in [5.74, 6) is -1.92. The average Bonchev–Trinajstić information content (AvgIpc) is 2.97. The molecule has 156 valence electrons. The number of nitrogens with zero attached hydrogens (tertiary/aromatic N) is 3. The Morgan fingerprint density at radius 1 is 1.34 bits per heavy atom. The molecule has 29 heavy (non-hydrogen) atoms. The molecule has 0 aromatic carbocycles. The Kier molecular flexibility index (Phi) is 7.59. The van der Waals surface area contributed by atoms with Crippen molar-refractivity contribution in [3.8, 4) is 6.07 Å². The third-order valence-electron chi connectivity index (χ3n) is 5.18. The molecule has 2 N–H and O–H groups in total. The molecular weight excluding hydrogens is 372 g/mol. The molecular formula is C21H28N4O4. The lowest BCUT2D eigenvalue weighted by atomic mass is 10.0. The normalized spacial score (nSPS) is 17.0. The Bertz CT molecular complexity index is 863. The fourth-order valence-electron chi connectivity index (χ4n) is 3.65. The molecule has 1 aromatic rings. The number of rotatable bonds is 7. The van der Waals surface area contributed by atoms with Crippen molar-refractivity contribution >= 4 is 23.9 Å². The van der Waals surface area contributed by atoms with E-state index in [-0.39, 0.29) is 5.57 Å². The Labute approximate surface area is 170 Å². The molecule has 0 radical (unpaired) electrons. The molecule has 1 aliphatic heterocycles. The Morgan fingerprint density at radius 3 is 2.69 bits per heavy atom. The second-order valence-electron chi connectivity index (χ2n) is 7.23. The summed E-state index contributed by atoms with van der Waals surface area (Å²) in [6.07, 6.45) is 4.53. The molecule has 0 spiro atoms. The Balaban J connectivity index is 2.08. The highest BCUT2D eigenvalue weighted by Crippen LogP contribution is 2.20. The minimum absolute atomic E-state index is 0.181. The summed E-state index contributed by atoms with van der Waals surface area (Å²) >= 11 is 0. The van der Waals surface area contributed by atoms with Crippen molar-refractivity contribution in [2.24, 2.45) is 5.73 Å². The van der Waals surface area contributed by atoms with E-state index in [4.69, 9.17) is 10.5 Å². The first-order valence-electron chi connectivity index (χ1n) is 9.84. The van der Waals surface area contributed by atoms with E-state index in [9.17, 15) is 19.6 Å². The number of hydrogen-bond donors (Lipinski definition) is 1. The minimum atomic E-state index is -0.867. The molecule has 1 aromatic heterocycles. The smallest absolute Gasteiger partial charge is 0.349 e. The molecule has 0 aliphatic carbocycles. The van der Waals surface area contributed by atoms with Crippen molar-refractivity contribution in [2.45, 2.75) is 59.0 Å². The molecule has 1 aliphatic rings. The third kappa shape index (κ3) is 5.25. The van der Waals surface area contributed by atoms with Gasteiger partial charge in [0, 0.05) is 24.5 Å². The molecule has 1 saturated heterocycles. The summed E-state index contributed by atoms with van der Waals surface area (Å²) in [6.45, 7) is 6.69. The SMILES string of the molecule is CCCn1c(C)cc(/C=C(\C#N)C(=O)OCC(=O)N2CCCC[C@H]2C(N)=O)c1C. The number of piperidine rings is 1. The second-order valence-corrected chi connectivity index (χ2v) is 7.23. The molecule has 0 saturated carbocycles. The molecule has 8 nitrogen and oxygen atoms in total. The average molecular weight is 400 g/mol. The maximum atomic E-state index is 12.4. The van der Waals surface area contributed by atoms with E-state index in [2.05, 4.69) is 11.5 Å².